The second-order valence-corrected chi connectivity index (χ2v) is 9.26. The highest BCUT2D eigenvalue weighted by Crippen LogP contribution is 2.23. The van der Waals surface area contributed by atoms with Crippen molar-refractivity contribution in [2.24, 2.45) is 0 Å². The van der Waals surface area contributed by atoms with Gasteiger partial charge in [-0.3, -0.25) is 9.59 Å². The summed E-state index contributed by atoms with van der Waals surface area (Å²) in [6.07, 6.45) is 0.110. The van der Waals surface area contributed by atoms with Crippen LogP contribution < -0.4 is 10.6 Å². The van der Waals surface area contributed by atoms with Crippen LogP contribution >= 0.6 is 23.1 Å². The maximum atomic E-state index is 12.6. The van der Waals surface area contributed by atoms with Crippen LogP contribution in [0, 0.1) is 27.7 Å². The van der Waals surface area contributed by atoms with E-state index in [1.54, 1.807) is 0 Å². The number of nitrogens with zero attached hydrogens (tertiary/aromatic N) is 4. The summed E-state index contributed by atoms with van der Waals surface area (Å²) < 4.78 is 1.86. The van der Waals surface area contributed by atoms with Crippen molar-refractivity contribution in [1.82, 2.24) is 19.7 Å². The van der Waals surface area contributed by atoms with Crippen LogP contribution in [-0.2, 0) is 22.6 Å². The van der Waals surface area contributed by atoms with Crippen LogP contribution in [0.15, 0.2) is 23.4 Å². The van der Waals surface area contributed by atoms with E-state index in [1.807, 2.05) is 57.4 Å². The molecule has 10 heteroatoms. The van der Waals surface area contributed by atoms with E-state index in [2.05, 4.69) is 25.8 Å². The Labute approximate surface area is 189 Å². The molecule has 2 N–H and O–H groups in total. The van der Waals surface area contributed by atoms with Crippen molar-refractivity contribution in [2.75, 3.05) is 16.4 Å². The Hall–Kier alpha value is -2.72. The van der Waals surface area contributed by atoms with Gasteiger partial charge in [-0.15, -0.1) is 21.5 Å². The third-order valence-electron chi connectivity index (χ3n) is 4.91. The number of thioether (sulfide) groups is 1. The quantitative estimate of drug-likeness (QED) is 0.497. The lowest BCUT2D eigenvalue weighted by Crippen LogP contribution is -2.18. The molecule has 0 saturated carbocycles. The number of amides is 2. The number of aryl methyl sites for hydroxylation is 3. The summed E-state index contributed by atoms with van der Waals surface area (Å²) in [6, 6.07) is 5.81. The fourth-order valence-electron chi connectivity index (χ4n) is 2.91. The third-order valence-corrected chi connectivity index (χ3v) is 6.87. The molecule has 1 aromatic carbocycles. The van der Waals surface area contributed by atoms with Crippen LogP contribution in [0.1, 0.15) is 34.4 Å². The van der Waals surface area contributed by atoms with Crippen LogP contribution in [0.5, 0.6) is 0 Å². The molecule has 0 radical (unpaired) electrons. The molecule has 0 aliphatic heterocycles. The molecule has 0 spiro atoms. The van der Waals surface area contributed by atoms with Crippen molar-refractivity contribution in [2.45, 2.75) is 52.7 Å². The van der Waals surface area contributed by atoms with Gasteiger partial charge in [0.1, 0.15) is 5.82 Å². The van der Waals surface area contributed by atoms with Crippen LogP contribution in [0.2, 0.25) is 0 Å². The SMILES string of the molecule is CCn1c(CC(=O)Nc2cccc(C)c2C)nnc1SCC(=O)Nc1nc(C)c(C)s1. The predicted octanol–water partition coefficient (Wildman–Crippen LogP) is 3.90. The van der Waals surface area contributed by atoms with Crippen molar-refractivity contribution in [3.05, 3.63) is 45.7 Å². The highest BCUT2D eigenvalue weighted by Gasteiger charge is 2.17. The Balaban J connectivity index is 1.60. The number of nitrogens with one attached hydrogen (secondary N) is 2. The lowest BCUT2D eigenvalue weighted by Gasteiger charge is -2.11. The van der Waals surface area contributed by atoms with Gasteiger partial charge in [0, 0.05) is 17.1 Å². The highest BCUT2D eigenvalue weighted by molar-refractivity contribution is 7.99. The molecular weight excluding hydrogens is 432 g/mol. The van der Waals surface area contributed by atoms with Gasteiger partial charge in [-0.2, -0.15) is 0 Å². The zero-order valence-corrected chi connectivity index (χ0v) is 19.9. The Morgan fingerprint density at radius 1 is 1.10 bits per heavy atom. The van der Waals surface area contributed by atoms with Gasteiger partial charge in [0.2, 0.25) is 11.8 Å². The Bertz CT molecular complexity index is 1090. The summed E-state index contributed by atoms with van der Waals surface area (Å²) in [7, 11) is 0. The van der Waals surface area contributed by atoms with Gasteiger partial charge in [-0.25, -0.2) is 4.98 Å². The minimum absolute atomic E-state index is 0.110. The minimum atomic E-state index is -0.154. The van der Waals surface area contributed by atoms with Gasteiger partial charge < -0.3 is 15.2 Å². The summed E-state index contributed by atoms with van der Waals surface area (Å²) in [6.45, 7) is 10.4. The van der Waals surface area contributed by atoms with E-state index in [-0.39, 0.29) is 24.0 Å². The standard InChI is InChI=1S/C21H26N6O2S2/c1-6-27-17(10-18(28)23-16-9-7-8-12(2)13(16)3)25-26-21(27)30-11-19(29)24-20-22-14(4)15(5)31-20/h7-9H,6,10-11H2,1-5H3,(H,23,28)(H,22,24,29). The van der Waals surface area contributed by atoms with E-state index in [1.165, 1.54) is 23.1 Å². The van der Waals surface area contributed by atoms with Crippen molar-refractivity contribution in [3.63, 3.8) is 0 Å². The molecule has 0 fully saturated rings. The summed E-state index contributed by atoms with van der Waals surface area (Å²) in [4.78, 5) is 30.2. The molecular formula is C21H26N6O2S2. The molecule has 0 saturated heterocycles. The number of benzene rings is 1. The zero-order chi connectivity index (χ0) is 22.5. The maximum Gasteiger partial charge on any atom is 0.236 e. The molecule has 2 aromatic heterocycles. The minimum Gasteiger partial charge on any atom is -0.325 e. The average molecular weight is 459 g/mol. The van der Waals surface area contributed by atoms with E-state index in [4.69, 9.17) is 0 Å². The van der Waals surface area contributed by atoms with Crippen molar-refractivity contribution < 1.29 is 9.59 Å². The monoisotopic (exact) mass is 458 g/mol. The normalized spacial score (nSPS) is 10.9. The average Bonchev–Trinajstić information content (AvgIpc) is 3.25. The van der Waals surface area contributed by atoms with Gasteiger partial charge >= 0.3 is 0 Å². The fraction of sp³-hybridized carbons (Fsp3) is 0.381. The molecule has 3 rings (SSSR count). The summed E-state index contributed by atoms with van der Waals surface area (Å²) in [5.74, 6) is 0.447. The molecule has 0 unspecified atom stereocenters. The Kier molecular flexibility index (Phi) is 7.45. The number of carbonyl (C=O) groups is 2. The van der Waals surface area contributed by atoms with E-state index in [9.17, 15) is 9.59 Å². The van der Waals surface area contributed by atoms with E-state index in [0.29, 0.717) is 22.7 Å². The lowest BCUT2D eigenvalue weighted by atomic mass is 10.1. The smallest absolute Gasteiger partial charge is 0.236 e. The summed E-state index contributed by atoms with van der Waals surface area (Å²) >= 11 is 2.74. The van der Waals surface area contributed by atoms with Gasteiger partial charge in [0.15, 0.2) is 10.3 Å². The largest absolute Gasteiger partial charge is 0.325 e. The van der Waals surface area contributed by atoms with Crippen LogP contribution in [-0.4, -0.2) is 37.3 Å². The second kappa shape index (κ2) is 10.1. The van der Waals surface area contributed by atoms with Crippen molar-refractivity contribution in [3.8, 4) is 0 Å². The Morgan fingerprint density at radius 3 is 2.55 bits per heavy atom. The number of hydrogen-bond donors (Lipinski definition) is 2. The van der Waals surface area contributed by atoms with E-state index < -0.39 is 0 Å². The van der Waals surface area contributed by atoms with E-state index >= 15 is 0 Å². The third kappa shape index (κ3) is 5.71. The molecule has 0 aliphatic carbocycles. The van der Waals surface area contributed by atoms with Gasteiger partial charge in [-0.05, 0) is 51.8 Å². The molecule has 0 aliphatic rings. The maximum absolute atomic E-state index is 12.6. The summed E-state index contributed by atoms with van der Waals surface area (Å²) in [5, 5.41) is 15.3. The fourth-order valence-corrected chi connectivity index (χ4v) is 4.56. The number of anilines is 2. The molecule has 164 valence electrons. The van der Waals surface area contributed by atoms with Crippen molar-refractivity contribution in [1.29, 1.82) is 0 Å². The first-order valence-electron chi connectivity index (χ1n) is 9.93. The van der Waals surface area contributed by atoms with Crippen LogP contribution in [0.3, 0.4) is 0 Å². The van der Waals surface area contributed by atoms with Crippen LogP contribution in [0.25, 0.3) is 0 Å². The number of hydrogen-bond acceptors (Lipinski definition) is 7. The zero-order valence-electron chi connectivity index (χ0n) is 18.3. The Morgan fingerprint density at radius 2 is 1.87 bits per heavy atom. The van der Waals surface area contributed by atoms with E-state index in [0.717, 1.165) is 27.4 Å². The molecule has 2 amide bonds. The molecule has 2 heterocycles. The summed E-state index contributed by atoms with van der Waals surface area (Å²) in [5.41, 5.74) is 3.88. The number of aromatic nitrogens is 4. The second-order valence-electron chi connectivity index (χ2n) is 7.11. The highest BCUT2D eigenvalue weighted by atomic mass is 32.2. The first-order valence-corrected chi connectivity index (χ1v) is 11.7. The van der Waals surface area contributed by atoms with Gasteiger partial charge in [0.05, 0.1) is 17.9 Å². The van der Waals surface area contributed by atoms with Gasteiger partial charge in [-0.1, -0.05) is 23.9 Å². The number of thiazole rings is 1. The molecule has 0 atom stereocenters. The number of carbonyl (C=O) groups excluding carboxylic acids is 2. The topological polar surface area (TPSA) is 102 Å². The molecule has 3 aromatic rings. The van der Waals surface area contributed by atoms with Crippen molar-refractivity contribution >= 4 is 45.7 Å². The molecule has 31 heavy (non-hydrogen) atoms. The number of rotatable bonds is 8. The van der Waals surface area contributed by atoms with Gasteiger partial charge in [0.25, 0.3) is 0 Å². The lowest BCUT2D eigenvalue weighted by molar-refractivity contribution is -0.116. The predicted molar refractivity (Wildman–Crippen MR) is 125 cm³/mol. The first kappa shape index (κ1) is 23.0. The van der Waals surface area contributed by atoms with Crippen LogP contribution in [0.4, 0.5) is 10.8 Å². The first-order chi connectivity index (χ1) is 14.8. The molecule has 0 bridgehead atoms. The molecule has 8 nitrogen and oxygen atoms in total.